The van der Waals surface area contributed by atoms with E-state index in [0.717, 1.165) is 13.0 Å². The fourth-order valence-corrected chi connectivity index (χ4v) is 1.76. The SMILES string of the molecule is CCCCCCCCCNC(=O)c1ccn[nH]1. The Kier molecular flexibility index (Phi) is 7.11. The number of unbranched alkanes of at least 4 members (excludes halogenated alkanes) is 6. The second-order valence-electron chi connectivity index (χ2n) is 4.35. The third-order valence-electron chi connectivity index (χ3n) is 2.81. The van der Waals surface area contributed by atoms with Crippen molar-refractivity contribution in [2.24, 2.45) is 0 Å². The zero-order chi connectivity index (χ0) is 12.3. The van der Waals surface area contributed by atoms with Gasteiger partial charge < -0.3 is 5.32 Å². The molecule has 0 spiro atoms. The number of aromatic nitrogens is 2. The third-order valence-corrected chi connectivity index (χ3v) is 2.81. The molecular weight excluding hydrogens is 214 g/mol. The molecule has 4 heteroatoms. The fourth-order valence-electron chi connectivity index (χ4n) is 1.76. The van der Waals surface area contributed by atoms with Crippen LogP contribution in [0.5, 0.6) is 0 Å². The molecule has 1 aromatic rings. The van der Waals surface area contributed by atoms with Gasteiger partial charge in [0, 0.05) is 12.7 Å². The van der Waals surface area contributed by atoms with E-state index in [1.54, 1.807) is 12.3 Å². The Hall–Kier alpha value is -1.32. The lowest BCUT2D eigenvalue weighted by molar-refractivity contribution is 0.0948. The predicted molar refractivity (Wildman–Crippen MR) is 68.9 cm³/mol. The third kappa shape index (κ3) is 6.09. The average Bonchev–Trinajstić information content (AvgIpc) is 2.86. The molecule has 0 fully saturated rings. The molecule has 1 aromatic heterocycles. The van der Waals surface area contributed by atoms with Crippen molar-refractivity contribution in [1.29, 1.82) is 0 Å². The number of H-pyrrole nitrogens is 1. The molecule has 0 unspecified atom stereocenters. The molecule has 0 atom stereocenters. The number of carbonyl (C=O) groups excluding carboxylic acids is 1. The molecule has 17 heavy (non-hydrogen) atoms. The monoisotopic (exact) mass is 237 g/mol. The van der Waals surface area contributed by atoms with Gasteiger partial charge in [-0.2, -0.15) is 5.10 Å². The number of aromatic amines is 1. The minimum absolute atomic E-state index is 0.0616. The first-order valence-corrected chi connectivity index (χ1v) is 6.62. The summed E-state index contributed by atoms with van der Waals surface area (Å²) in [6.45, 7) is 2.98. The van der Waals surface area contributed by atoms with Crippen LogP contribution >= 0.6 is 0 Å². The van der Waals surface area contributed by atoms with Crippen molar-refractivity contribution >= 4 is 5.91 Å². The number of hydrogen-bond acceptors (Lipinski definition) is 2. The van der Waals surface area contributed by atoms with Crippen LogP contribution in [0.25, 0.3) is 0 Å². The van der Waals surface area contributed by atoms with Crippen LogP contribution in [0.2, 0.25) is 0 Å². The van der Waals surface area contributed by atoms with Crippen molar-refractivity contribution in [2.75, 3.05) is 6.54 Å². The van der Waals surface area contributed by atoms with E-state index >= 15 is 0 Å². The molecule has 0 aromatic carbocycles. The van der Waals surface area contributed by atoms with Gasteiger partial charge in [-0.3, -0.25) is 9.89 Å². The summed E-state index contributed by atoms with van der Waals surface area (Å²) in [4.78, 5) is 11.5. The van der Waals surface area contributed by atoms with E-state index < -0.39 is 0 Å². The molecule has 4 nitrogen and oxygen atoms in total. The second kappa shape index (κ2) is 8.79. The average molecular weight is 237 g/mol. The van der Waals surface area contributed by atoms with Crippen LogP contribution < -0.4 is 5.32 Å². The molecule has 0 aliphatic rings. The van der Waals surface area contributed by atoms with Gasteiger partial charge in [-0.05, 0) is 12.5 Å². The van der Waals surface area contributed by atoms with Gasteiger partial charge in [-0.15, -0.1) is 0 Å². The second-order valence-corrected chi connectivity index (χ2v) is 4.35. The fraction of sp³-hybridized carbons (Fsp3) is 0.692. The Morgan fingerprint density at radius 3 is 2.59 bits per heavy atom. The molecule has 1 amide bonds. The van der Waals surface area contributed by atoms with Crippen LogP contribution in [0.4, 0.5) is 0 Å². The van der Waals surface area contributed by atoms with Crippen LogP contribution in [0.15, 0.2) is 12.3 Å². The molecule has 0 aliphatic heterocycles. The van der Waals surface area contributed by atoms with E-state index in [2.05, 4.69) is 22.4 Å². The molecule has 1 rings (SSSR count). The lowest BCUT2D eigenvalue weighted by Crippen LogP contribution is -2.24. The Balaban J connectivity index is 1.92. The number of amides is 1. The summed E-state index contributed by atoms with van der Waals surface area (Å²) in [6, 6.07) is 1.68. The maximum Gasteiger partial charge on any atom is 0.269 e. The Morgan fingerprint density at radius 1 is 1.24 bits per heavy atom. The highest BCUT2D eigenvalue weighted by Gasteiger charge is 2.04. The highest BCUT2D eigenvalue weighted by atomic mass is 16.1. The van der Waals surface area contributed by atoms with Gasteiger partial charge in [-0.25, -0.2) is 0 Å². The Labute approximate surface area is 103 Å². The van der Waals surface area contributed by atoms with Gasteiger partial charge in [0.15, 0.2) is 0 Å². The lowest BCUT2D eigenvalue weighted by Gasteiger charge is -2.03. The lowest BCUT2D eigenvalue weighted by atomic mass is 10.1. The molecule has 0 saturated carbocycles. The van der Waals surface area contributed by atoms with Crippen molar-refractivity contribution < 1.29 is 4.79 Å². The van der Waals surface area contributed by atoms with E-state index in [4.69, 9.17) is 0 Å². The molecule has 1 heterocycles. The summed E-state index contributed by atoms with van der Waals surface area (Å²) in [5.74, 6) is -0.0616. The van der Waals surface area contributed by atoms with Gasteiger partial charge in [-0.1, -0.05) is 45.4 Å². The topological polar surface area (TPSA) is 57.8 Å². The summed E-state index contributed by atoms with van der Waals surface area (Å²) in [7, 11) is 0. The summed E-state index contributed by atoms with van der Waals surface area (Å²) in [5.41, 5.74) is 0.535. The van der Waals surface area contributed by atoms with Crippen LogP contribution in [0.3, 0.4) is 0 Å². The Morgan fingerprint density at radius 2 is 1.94 bits per heavy atom. The van der Waals surface area contributed by atoms with Gasteiger partial charge in [0.25, 0.3) is 5.91 Å². The first-order chi connectivity index (χ1) is 8.34. The summed E-state index contributed by atoms with van der Waals surface area (Å²) in [5, 5.41) is 9.27. The number of carbonyl (C=O) groups is 1. The minimum Gasteiger partial charge on any atom is -0.351 e. The predicted octanol–water partition coefficient (Wildman–Crippen LogP) is 2.89. The standard InChI is InChI=1S/C13H23N3O/c1-2-3-4-5-6-7-8-10-14-13(17)12-9-11-15-16-12/h9,11H,2-8,10H2,1H3,(H,14,17)(H,15,16). The molecular formula is C13H23N3O. The largest absolute Gasteiger partial charge is 0.351 e. The van der Waals surface area contributed by atoms with Gasteiger partial charge in [0.1, 0.15) is 5.69 Å². The maximum absolute atomic E-state index is 11.5. The van der Waals surface area contributed by atoms with Crippen LogP contribution in [0, 0.1) is 0 Å². The molecule has 0 radical (unpaired) electrons. The highest BCUT2D eigenvalue weighted by Crippen LogP contribution is 2.06. The number of hydrogen-bond donors (Lipinski definition) is 2. The first kappa shape index (κ1) is 13.7. The van der Waals surface area contributed by atoms with Gasteiger partial charge >= 0.3 is 0 Å². The van der Waals surface area contributed by atoms with Crippen molar-refractivity contribution in [2.45, 2.75) is 51.9 Å². The number of nitrogens with zero attached hydrogens (tertiary/aromatic N) is 1. The zero-order valence-corrected chi connectivity index (χ0v) is 10.7. The highest BCUT2D eigenvalue weighted by molar-refractivity contribution is 5.91. The van der Waals surface area contributed by atoms with E-state index in [1.165, 1.54) is 38.5 Å². The normalized spacial score (nSPS) is 10.4. The smallest absolute Gasteiger partial charge is 0.269 e. The van der Waals surface area contributed by atoms with Crippen LogP contribution in [-0.4, -0.2) is 22.6 Å². The van der Waals surface area contributed by atoms with Gasteiger partial charge in [0.05, 0.1) is 0 Å². The summed E-state index contributed by atoms with van der Waals surface area (Å²) >= 11 is 0. The maximum atomic E-state index is 11.5. The van der Waals surface area contributed by atoms with Crippen molar-refractivity contribution in [3.8, 4) is 0 Å². The summed E-state index contributed by atoms with van der Waals surface area (Å²) < 4.78 is 0. The first-order valence-electron chi connectivity index (χ1n) is 6.62. The molecule has 0 saturated heterocycles. The zero-order valence-electron chi connectivity index (χ0n) is 10.7. The number of rotatable bonds is 9. The molecule has 96 valence electrons. The molecule has 2 N–H and O–H groups in total. The van der Waals surface area contributed by atoms with E-state index in [1.807, 2.05) is 0 Å². The molecule has 0 bridgehead atoms. The minimum atomic E-state index is -0.0616. The van der Waals surface area contributed by atoms with Crippen molar-refractivity contribution in [1.82, 2.24) is 15.5 Å². The van der Waals surface area contributed by atoms with E-state index in [-0.39, 0.29) is 5.91 Å². The molecule has 0 aliphatic carbocycles. The van der Waals surface area contributed by atoms with E-state index in [0.29, 0.717) is 5.69 Å². The summed E-state index contributed by atoms with van der Waals surface area (Å²) in [6.07, 6.45) is 10.4. The van der Waals surface area contributed by atoms with E-state index in [9.17, 15) is 4.79 Å². The van der Waals surface area contributed by atoms with Gasteiger partial charge in [0.2, 0.25) is 0 Å². The Bertz CT molecular complexity index is 296. The van der Waals surface area contributed by atoms with Crippen molar-refractivity contribution in [3.63, 3.8) is 0 Å². The van der Waals surface area contributed by atoms with Crippen LogP contribution in [0.1, 0.15) is 62.4 Å². The quantitative estimate of drug-likeness (QED) is 0.649. The van der Waals surface area contributed by atoms with Crippen LogP contribution in [-0.2, 0) is 0 Å². The van der Waals surface area contributed by atoms with Crippen molar-refractivity contribution in [3.05, 3.63) is 18.0 Å². The number of nitrogens with one attached hydrogen (secondary N) is 2.